The van der Waals surface area contributed by atoms with E-state index in [9.17, 15) is 9.00 Å². The van der Waals surface area contributed by atoms with Crippen LogP contribution in [0.3, 0.4) is 0 Å². The molecule has 0 spiro atoms. The highest BCUT2D eigenvalue weighted by Crippen LogP contribution is 2.20. The van der Waals surface area contributed by atoms with Crippen molar-refractivity contribution in [3.05, 3.63) is 34.4 Å². The number of carbonyl (C=O) groups excluding carboxylic acids is 1. The van der Waals surface area contributed by atoms with Gasteiger partial charge in [0.15, 0.2) is 0 Å². The van der Waals surface area contributed by atoms with Crippen LogP contribution in [0, 0.1) is 20.8 Å². The molecule has 1 aromatic rings. The largest absolute Gasteiger partial charge is 0.469 e. The van der Waals surface area contributed by atoms with E-state index in [0.717, 1.165) is 16.7 Å². The fourth-order valence-electron chi connectivity index (χ4n) is 2.13. The van der Waals surface area contributed by atoms with E-state index < -0.39 is 10.8 Å². The number of ether oxygens (including phenoxy) is 1. The monoisotopic (exact) mass is 282 g/mol. The Morgan fingerprint density at radius 2 is 1.79 bits per heavy atom. The molecule has 2 unspecified atom stereocenters. The molecule has 0 amide bonds. The van der Waals surface area contributed by atoms with Gasteiger partial charge in [0.25, 0.3) is 0 Å². The highest BCUT2D eigenvalue weighted by molar-refractivity contribution is 7.84. The van der Waals surface area contributed by atoms with Gasteiger partial charge in [0.05, 0.1) is 13.5 Å². The molecule has 4 heteroatoms. The van der Waals surface area contributed by atoms with Crippen LogP contribution in [0.25, 0.3) is 0 Å². The van der Waals surface area contributed by atoms with E-state index >= 15 is 0 Å². The molecule has 0 saturated carbocycles. The van der Waals surface area contributed by atoms with E-state index in [-0.39, 0.29) is 17.6 Å². The molecule has 1 aromatic carbocycles. The van der Waals surface area contributed by atoms with Gasteiger partial charge >= 0.3 is 5.97 Å². The number of carbonyl (C=O) groups is 1. The molecular formula is C15H22O3S. The molecule has 0 aliphatic heterocycles. The van der Waals surface area contributed by atoms with E-state index in [1.54, 1.807) is 0 Å². The van der Waals surface area contributed by atoms with Crippen molar-refractivity contribution in [2.24, 2.45) is 0 Å². The Balaban J connectivity index is 2.80. The zero-order valence-corrected chi connectivity index (χ0v) is 13.1. The molecule has 0 N–H and O–H groups in total. The molecule has 106 valence electrons. The van der Waals surface area contributed by atoms with Crippen molar-refractivity contribution in [3.8, 4) is 0 Å². The molecule has 0 saturated heterocycles. The molecule has 0 aromatic heterocycles. The number of benzene rings is 1. The lowest BCUT2D eigenvalue weighted by molar-refractivity contribution is -0.140. The second kappa shape index (κ2) is 6.85. The molecule has 0 bridgehead atoms. The number of hydrogen-bond donors (Lipinski definition) is 0. The molecular weight excluding hydrogens is 260 g/mol. The van der Waals surface area contributed by atoms with Gasteiger partial charge in [0.1, 0.15) is 0 Å². The SMILES string of the molecule is COC(=O)CC(C)S(=O)Cc1c(C)cc(C)cc1C. The van der Waals surface area contributed by atoms with E-state index in [0.29, 0.717) is 5.75 Å². The summed E-state index contributed by atoms with van der Waals surface area (Å²) in [5.41, 5.74) is 4.67. The van der Waals surface area contributed by atoms with Crippen molar-refractivity contribution in [2.75, 3.05) is 7.11 Å². The molecule has 0 aliphatic rings. The van der Waals surface area contributed by atoms with Gasteiger partial charge in [-0.05, 0) is 37.5 Å². The zero-order chi connectivity index (χ0) is 14.6. The van der Waals surface area contributed by atoms with Crippen molar-refractivity contribution in [1.82, 2.24) is 0 Å². The Bertz CT molecular complexity index is 471. The Morgan fingerprint density at radius 1 is 1.26 bits per heavy atom. The van der Waals surface area contributed by atoms with Crippen LogP contribution >= 0.6 is 0 Å². The van der Waals surface area contributed by atoms with Gasteiger partial charge < -0.3 is 4.74 Å². The van der Waals surface area contributed by atoms with Crippen LogP contribution in [-0.4, -0.2) is 22.5 Å². The predicted molar refractivity (Wildman–Crippen MR) is 78.6 cm³/mol. The summed E-state index contributed by atoms with van der Waals surface area (Å²) < 4.78 is 16.9. The lowest BCUT2D eigenvalue weighted by Crippen LogP contribution is -2.19. The second-order valence-corrected chi connectivity index (χ2v) is 6.85. The average molecular weight is 282 g/mol. The van der Waals surface area contributed by atoms with Gasteiger partial charge in [-0.15, -0.1) is 0 Å². The number of hydrogen-bond acceptors (Lipinski definition) is 3. The van der Waals surface area contributed by atoms with Gasteiger partial charge in [-0.1, -0.05) is 24.6 Å². The fraction of sp³-hybridized carbons (Fsp3) is 0.533. The van der Waals surface area contributed by atoms with Crippen LogP contribution in [0.15, 0.2) is 12.1 Å². The van der Waals surface area contributed by atoms with E-state index in [1.165, 1.54) is 12.7 Å². The average Bonchev–Trinajstić information content (AvgIpc) is 2.32. The summed E-state index contributed by atoms with van der Waals surface area (Å²) in [4.78, 5) is 11.2. The molecule has 0 fully saturated rings. The molecule has 0 heterocycles. The van der Waals surface area contributed by atoms with Gasteiger partial charge in [-0.3, -0.25) is 9.00 Å². The minimum absolute atomic E-state index is 0.187. The number of methoxy groups -OCH3 is 1. The van der Waals surface area contributed by atoms with Gasteiger partial charge in [0.2, 0.25) is 0 Å². The molecule has 0 radical (unpaired) electrons. The minimum atomic E-state index is -1.07. The molecule has 0 aliphatic carbocycles. The summed E-state index contributed by atoms with van der Waals surface area (Å²) in [5, 5.41) is -0.187. The predicted octanol–water partition coefficient (Wildman–Crippen LogP) is 2.81. The zero-order valence-electron chi connectivity index (χ0n) is 12.3. The van der Waals surface area contributed by atoms with Crippen LogP contribution in [0.1, 0.15) is 35.6 Å². The Labute approximate surface area is 117 Å². The molecule has 1 rings (SSSR count). The maximum Gasteiger partial charge on any atom is 0.306 e. The highest BCUT2D eigenvalue weighted by atomic mass is 32.2. The second-order valence-electron chi connectivity index (χ2n) is 4.99. The van der Waals surface area contributed by atoms with E-state index in [2.05, 4.69) is 23.8 Å². The maximum atomic E-state index is 12.3. The van der Waals surface area contributed by atoms with Crippen LogP contribution in [0.5, 0.6) is 0 Å². The number of aryl methyl sites for hydroxylation is 3. The first-order valence-electron chi connectivity index (χ1n) is 6.35. The smallest absolute Gasteiger partial charge is 0.306 e. The van der Waals surface area contributed by atoms with Gasteiger partial charge in [0, 0.05) is 21.8 Å². The van der Waals surface area contributed by atoms with Crippen molar-refractivity contribution >= 4 is 16.8 Å². The van der Waals surface area contributed by atoms with Crippen LogP contribution in [0.4, 0.5) is 0 Å². The summed E-state index contributed by atoms with van der Waals surface area (Å²) in [6, 6.07) is 4.20. The topological polar surface area (TPSA) is 43.4 Å². The van der Waals surface area contributed by atoms with Crippen LogP contribution in [0.2, 0.25) is 0 Å². The van der Waals surface area contributed by atoms with E-state index in [1.807, 2.05) is 20.8 Å². The fourth-order valence-corrected chi connectivity index (χ4v) is 3.48. The molecule has 2 atom stereocenters. The van der Waals surface area contributed by atoms with Gasteiger partial charge in [-0.2, -0.15) is 0 Å². The Morgan fingerprint density at radius 3 is 2.26 bits per heavy atom. The van der Waals surface area contributed by atoms with E-state index in [4.69, 9.17) is 0 Å². The molecule has 19 heavy (non-hydrogen) atoms. The molecule has 3 nitrogen and oxygen atoms in total. The lowest BCUT2D eigenvalue weighted by atomic mass is 10.0. The first-order chi connectivity index (χ1) is 8.85. The Hall–Kier alpha value is -1.16. The number of esters is 1. The van der Waals surface area contributed by atoms with Crippen LogP contribution in [-0.2, 0) is 26.1 Å². The third kappa shape index (κ3) is 4.46. The highest BCUT2D eigenvalue weighted by Gasteiger charge is 2.18. The normalized spacial score (nSPS) is 13.9. The van der Waals surface area contributed by atoms with Crippen molar-refractivity contribution in [2.45, 2.75) is 45.1 Å². The van der Waals surface area contributed by atoms with Gasteiger partial charge in [-0.25, -0.2) is 0 Å². The summed E-state index contributed by atoms with van der Waals surface area (Å²) in [6.45, 7) is 7.96. The third-order valence-corrected chi connectivity index (χ3v) is 4.89. The summed E-state index contributed by atoms with van der Waals surface area (Å²) in [7, 11) is 0.287. The van der Waals surface area contributed by atoms with Crippen molar-refractivity contribution < 1.29 is 13.7 Å². The summed E-state index contributed by atoms with van der Waals surface area (Å²) in [5.74, 6) is 0.189. The standard InChI is InChI=1S/C15H22O3S/c1-10-6-11(2)14(12(3)7-10)9-19(17)13(4)8-15(16)18-5/h6-7,13H,8-9H2,1-5H3. The Kier molecular flexibility index (Phi) is 5.73. The summed E-state index contributed by atoms with van der Waals surface area (Å²) in [6.07, 6.45) is 0.201. The maximum absolute atomic E-state index is 12.3. The number of rotatable bonds is 5. The van der Waals surface area contributed by atoms with Crippen molar-refractivity contribution in [3.63, 3.8) is 0 Å². The summed E-state index contributed by atoms with van der Waals surface area (Å²) >= 11 is 0. The quantitative estimate of drug-likeness (QED) is 0.780. The minimum Gasteiger partial charge on any atom is -0.469 e. The van der Waals surface area contributed by atoms with Crippen molar-refractivity contribution in [1.29, 1.82) is 0 Å². The first kappa shape index (κ1) is 15.9. The third-order valence-electron chi connectivity index (χ3n) is 3.26. The lowest BCUT2D eigenvalue weighted by Gasteiger charge is -2.14. The van der Waals surface area contributed by atoms with Crippen LogP contribution < -0.4 is 0 Å². The first-order valence-corrected chi connectivity index (χ1v) is 7.74.